The van der Waals surface area contributed by atoms with Crippen molar-refractivity contribution in [1.82, 2.24) is 5.32 Å². The summed E-state index contributed by atoms with van der Waals surface area (Å²) < 4.78 is 0. The second-order valence-electron chi connectivity index (χ2n) is 4.57. The normalized spacial score (nSPS) is 12.4. The molecule has 1 aromatic rings. The van der Waals surface area contributed by atoms with E-state index in [1.165, 1.54) is 11.3 Å². The number of anilines is 1. The van der Waals surface area contributed by atoms with E-state index in [0.717, 1.165) is 19.5 Å². The fraction of sp³-hybridized carbons (Fsp3) is 0.600. The molecule has 102 valence electrons. The van der Waals surface area contributed by atoms with Crippen molar-refractivity contribution in [3.8, 4) is 0 Å². The molecule has 0 spiro atoms. The van der Waals surface area contributed by atoms with E-state index >= 15 is 0 Å². The smallest absolute Gasteiger partial charge is 0.0606 e. The summed E-state index contributed by atoms with van der Waals surface area (Å²) >= 11 is 0. The van der Waals surface area contributed by atoms with Crippen LogP contribution >= 0.6 is 0 Å². The van der Waals surface area contributed by atoms with E-state index in [1.54, 1.807) is 0 Å². The number of likely N-dealkylation sites (N-methyl/N-ethyl adjacent to an activating group) is 1. The van der Waals surface area contributed by atoms with Gasteiger partial charge in [-0.3, -0.25) is 0 Å². The van der Waals surface area contributed by atoms with Gasteiger partial charge in [0.25, 0.3) is 0 Å². The van der Waals surface area contributed by atoms with Crippen molar-refractivity contribution in [2.24, 2.45) is 0 Å². The fourth-order valence-electron chi connectivity index (χ4n) is 2.04. The van der Waals surface area contributed by atoms with Crippen LogP contribution in [0.2, 0.25) is 0 Å². The first-order chi connectivity index (χ1) is 8.72. The minimum atomic E-state index is 0.198. The Bertz CT molecular complexity index is 324. The Labute approximate surface area is 111 Å². The van der Waals surface area contributed by atoms with E-state index in [9.17, 15) is 0 Å². The molecule has 0 bridgehead atoms. The number of nitrogens with one attached hydrogen (secondary N) is 1. The Morgan fingerprint density at radius 1 is 1.22 bits per heavy atom. The Balaban J connectivity index is 2.66. The van der Waals surface area contributed by atoms with Crippen LogP contribution in [0, 0.1) is 0 Å². The summed E-state index contributed by atoms with van der Waals surface area (Å²) in [5.74, 6) is 0. The third-order valence-electron chi connectivity index (χ3n) is 3.21. The highest BCUT2D eigenvalue weighted by Crippen LogP contribution is 2.19. The zero-order valence-corrected chi connectivity index (χ0v) is 11.8. The molecule has 3 heteroatoms. The molecule has 0 aliphatic rings. The Hall–Kier alpha value is -1.06. The van der Waals surface area contributed by atoms with Gasteiger partial charge < -0.3 is 15.3 Å². The maximum atomic E-state index is 9.02. The summed E-state index contributed by atoms with van der Waals surface area (Å²) in [6.45, 7) is 9.34. The SMILES string of the molecule is CCCNC(C)c1ccc(N(CC)CCO)cc1. The highest BCUT2D eigenvalue weighted by atomic mass is 16.3. The summed E-state index contributed by atoms with van der Waals surface area (Å²) in [7, 11) is 0. The maximum absolute atomic E-state index is 9.02. The Kier molecular flexibility index (Phi) is 6.76. The second kappa shape index (κ2) is 8.11. The number of benzene rings is 1. The molecule has 1 rings (SSSR count). The number of rotatable bonds is 8. The minimum Gasteiger partial charge on any atom is -0.395 e. The molecule has 1 unspecified atom stereocenters. The van der Waals surface area contributed by atoms with Crippen LogP contribution < -0.4 is 10.2 Å². The zero-order valence-electron chi connectivity index (χ0n) is 11.8. The van der Waals surface area contributed by atoms with Gasteiger partial charge in [-0.2, -0.15) is 0 Å². The average molecular weight is 250 g/mol. The monoisotopic (exact) mass is 250 g/mol. The maximum Gasteiger partial charge on any atom is 0.0606 e. The van der Waals surface area contributed by atoms with Crippen LogP contribution in [-0.4, -0.2) is 31.3 Å². The van der Waals surface area contributed by atoms with Gasteiger partial charge in [-0.1, -0.05) is 19.1 Å². The zero-order chi connectivity index (χ0) is 13.4. The quantitative estimate of drug-likeness (QED) is 0.744. The molecule has 3 nitrogen and oxygen atoms in total. The summed E-state index contributed by atoms with van der Waals surface area (Å²) in [4.78, 5) is 2.17. The molecule has 0 amide bonds. The Morgan fingerprint density at radius 3 is 2.39 bits per heavy atom. The molecule has 18 heavy (non-hydrogen) atoms. The molecule has 1 atom stereocenters. The van der Waals surface area contributed by atoms with Crippen molar-refractivity contribution in [1.29, 1.82) is 0 Å². The minimum absolute atomic E-state index is 0.198. The average Bonchev–Trinajstić information content (AvgIpc) is 2.42. The molecule has 0 heterocycles. The first kappa shape index (κ1) is 15.0. The van der Waals surface area contributed by atoms with Crippen molar-refractivity contribution < 1.29 is 5.11 Å². The number of hydrogen-bond acceptors (Lipinski definition) is 3. The molecule has 0 saturated heterocycles. The summed E-state index contributed by atoms with van der Waals surface area (Å²) in [5, 5.41) is 12.5. The molecule has 0 saturated carbocycles. The summed E-state index contributed by atoms with van der Waals surface area (Å²) in [6.07, 6.45) is 1.16. The van der Waals surface area contributed by atoms with Gasteiger partial charge >= 0.3 is 0 Å². The van der Waals surface area contributed by atoms with Crippen LogP contribution in [-0.2, 0) is 0 Å². The van der Waals surface area contributed by atoms with Crippen LogP contribution in [0.25, 0.3) is 0 Å². The lowest BCUT2D eigenvalue weighted by atomic mass is 10.1. The highest BCUT2D eigenvalue weighted by molar-refractivity contribution is 5.47. The molecule has 0 aliphatic carbocycles. The third kappa shape index (κ3) is 4.31. The van der Waals surface area contributed by atoms with Crippen molar-refractivity contribution in [3.63, 3.8) is 0 Å². The molecule has 0 radical (unpaired) electrons. The van der Waals surface area contributed by atoms with Gasteiger partial charge in [-0.15, -0.1) is 0 Å². The largest absolute Gasteiger partial charge is 0.395 e. The van der Waals surface area contributed by atoms with Crippen LogP contribution in [0.5, 0.6) is 0 Å². The van der Waals surface area contributed by atoms with Crippen LogP contribution in [0.4, 0.5) is 5.69 Å². The predicted octanol–water partition coefficient (Wildman–Crippen LogP) is 2.57. The topological polar surface area (TPSA) is 35.5 Å². The van der Waals surface area contributed by atoms with E-state index in [-0.39, 0.29) is 6.61 Å². The molecular formula is C15H26N2O. The summed E-state index contributed by atoms with van der Waals surface area (Å²) in [6, 6.07) is 9.01. The van der Waals surface area contributed by atoms with Crippen molar-refractivity contribution >= 4 is 5.69 Å². The molecule has 0 aliphatic heterocycles. The number of aliphatic hydroxyl groups excluding tert-OH is 1. The third-order valence-corrected chi connectivity index (χ3v) is 3.21. The lowest BCUT2D eigenvalue weighted by Gasteiger charge is -2.23. The lowest BCUT2D eigenvalue weighted by molar-refractivity contribution is 0.302. The van der Waals surface area contributed by atoms with Gasteiger partial charge in [0.1, 0.15) is 0 Å². The Morgan fingerprint density at radius 2 is 1.89 bits per heavy atom. The predicted molar refractivity (Wildman–Crippen MR) is 78.1 cm³/mol. The van der Waals surface area contributed by atoms with E-state index in [4.69, 9.17) is 5.11 Å². The molecular weight excluding hydrogens is 224 g/mol. The highest BCUT2D eigenvalue weighted by Gasteiger charge is 2.06. The van der Waals surface area contributed by atoms with Gasteiger partial charge in [0.15, 0.2) is 0 Å². The van der Waals surface area contributed by atoms with Crippen LogP contribution in [0.3, 0.4) is 0 Å². The summed E-state index contributed by atoms with van der Waals surface area (Å²) in [5.41, 5.74) is 2.49. The first-order valence-electron chi connectivity index (χ1n) is 6.92. The van der Waals surface area contributed by atoms with Gasteiger partial charge in [0.2, 0.25) is 0 Å². The number of nitrogens with zero attached hydrogens (tertiary/aromatic N) is 1. The van der Waals surface area contributed by atoms with Crippen LogP contribution in [0.15, 0.2) is 24.3 Å². The van der Waals surface area contributed by atoms with Crippen molar-refractivity contribution in [2.45, 2.75) is 33.2 Å². The molecule has 0 fully saturated rings. The molecule has 0 aromatic heterocycles. The molecule has 2 N–H and O–H groups in total. The van der Waals surface area contributed by atoms with E-state index in [0.29, 0.717) is 12.6 Å². The first-order valence-corrected chi connectivity index (χ1v) is 6.92. The van der Waals surface area contributed by atoms with E-state index in [2.05, 4.69) is 55.3 Å². The van der Waals surface area contributed by atoms with E-state index in [1.807, 2.05) is 0 Å². The number of aliphatic hydroxyl groups is 1. The standard InChI is InChI=1S/C15H26N2O/c1-4-10-16-13(3)14-6-8-15(9-7-14)17(5-2)11-12-18/h6-9,13,16,18H,4-5,10-12H2,1-3H3. The van der Waals surface area contributed by atoms with Gasteiger partial charge in [-0.25, -0.2) is 0 Å². The lowest BCUT2D eigenvalue weighted by Crippen LogP contribution is -2.26. The van der Waals surface area contributed by atoms with Crippen molar-refractivity contribution in [3.05, 3.63) is 29.8 Å². The van der Waals surface area contributed by atoms with E-state index < -0.39 is 0 Å². The van der Waals surface area contributed by atoms with Gasteiger partial charge in [-0.05, 0) is 44.5 Å². The fourth-order valence-corrected chi connectivity index (χ4v) is 2.04. The van der Waals surface area contributed by atoms with Crippen LogP contribution in [0.1, 0.15) is 38.8 Å². The second-order valence-corrected chi connectivity index (χ2v) is 4.57. The molecule has 1 aromatic carbocycles. The van der Waals surface area contributed by atoms with Crippen molar-refractivity contribution in [2.75, 3.05) is 31.1 Å². The number of hydrogen-bond donors (Lipinski definition) is 2. The van der Waals surface area contributed by atoms with Gasteiger partial charge in [0, 0.05) is 24.8 Å². The van der Waals surface area contributed by atoms with Gasteiger partial charge in [0.05, 0.1) is 6.61 Å².